The Labute approximate surface area is 720 Å². The minimum absolute atomic E-state index is 0.0831. The molecule has 5 nitrogen and oxygen atoms in total. The van der Waals surface area contributed by atoms with Crippen LogP contribution < -0.4 is 9.47 Å². The number of rotatable bonds is 2. The van der Waals surface area contributed by atoms with Gasteiger partial charge in [0, 0.05) is 32.1 Å². The maximum absolute atomic E-state index is 14.6. The van der Waals surface area contributed by atoms with Crippen LogP contribution in [0.4, 0.5) is 4.39 Å². The first-order chi connectivity index (χ1) is 57.7. The Kier molecular flexibility index (Phi) is 21.8. The fourth-order valence-corrected chi connectivity index (χ4v) is 27.1. The third kappa shape index (κ3) is 15.2. The molecule has 22 rings (SSSR count). The summed E-state index contributed by atoms with van der Waals surface area (Å²) in [6, 6.07) is 63.5. The molecule has 0 radical (unpaired) electrons. The van der Waals surface area contributed by atoms with Gasteiger partial charge in [-0.05, 0) is 452 Å². The van der Waals surface area contributed by atoms with Crippen molar-refractivity contribution in [2.45, 2.75) is 227 Å². The minimum atomic E-state index is -0.0831. The number of phenols is 3. The van der Waals surface area contributed by atoms with E-state index in [2.05, 4.69) is 182 Å². The number of ether oxygens (including phenoxy) is 2. The molecule has 10 aliphatic rings. The van der Waals surface area contributed by atoms with Crippen LogP contribution >= 0.6 is 15.9 Å². The monoisotopic (exact) mass is 1650 g/mol. The molecule has 0 heterocycles. The van der Waals surface area contributed by atoms with Crippen molar-refractivity contribution >= 4 is 69.8 Å². The van der Waals surface area contributed by atoms with E-state index >= 15 is 0 Å². The molecule has 5 saturated carbocycles. The Bertz CT molecular complexity index is 6140. The molecule has 0 aliphatic heterocycles. The predicted molar refractivity (Wildman–Crippen MR) is 498 cm³/mol. The van der Waals surface area contributed by atoms with Crippen molar-refractivity contribution in [2.24, 2.45) is 56.7 Å². The standard InChI is InChI=1S/C28H28O.C27H26O.C20H23FO.C19H21BrO.C19H22O/c1-19-15-27-26-16-21(10-9-20-7-5-4-6-8-20)23-12-11-22(29-3)17-25(23)24(26)13-14-28(27,2)18-19;1-18-14-26-25-15-20(9-8-19-6-4-3-5-7-19)22-11-10-21(28)16-24(22)23(25)12-13-27(26,2)17-18;1-12-8-18-17-10-19(21)15-5-4-13(22-3)9-16(15)14(17)6-7-20(18,2)11-12;1-11-7-17-16-9-18(20)14-4-3-12(21)8-15(14)13(16)5-6-19(17,2)10-11;1-12-9-18-16-6-4-13-3-5-14(20)10-17(13)15(16)7-8-19(18,2)11-12/h4-8,11-12,16-17,19,27H,13-15,18H2,1-3H3;3-7,10-11,15-16,18,26,28H,12-14,17H2,1-2H3;4-5,9-10,12,18H,6-8,11H2,1-3H3;3-4,8-9,11,17,21H,5-7,10H2,1-2H3;3-6,10,12,18,20H,7-9,11H2,1-2H3/t19-,27+,28-;18-,26+,27-;12-,18-,20+;11-,17+,19-;12-,18-,19+/m11010/s1. The number of methoxy groups -OCH3 is 2. The zero-order valence-electron chi connectivity index (χ0n) is 72.7. The third-order valence-electron chi connectivity index (χ3n) is 31.9. The maximum Gasteiger partial charge on any atom is 0.131 e. The molecule has 616 valence electrons. The topological polar surface area (TPSA) is 79.2 Å². The second-order valence-corrected chi connectivity index (χ2v) is 41.5. The van der Waals surface area contributed by atoms with Gasteiger partial charge in [0.25, 0.3) is 0 Å². The molecule has 3 N–H and O–H groups in total. The number of halogens is 2. The minimum Gasteiger partial charge on any atom is -0.508 e. The average molecular weight is 1660 g/mol. The van der Waals surface area contributed by atoms with E-state index in [0.717, 1.165) is 112 Å². The first-order valence-corrected chi connectivity index (χ1v) is 46.0. The van der Waals surface area contributed by atoms with E-state index in [-0.39, 0.29) is 5.82 Å². The van der Waals surface area contributed by atoms with Gasteiger partial charge in [-0.15, -0.1) is 0 Å². The van der Waals surface area contributed by atoms with Crippen molar-refractivity contribution in [1.29, 1.82) is 0 Å². The Morgan fingerprint density at radius 1 is 0.325 bits per heavy atom. The number of benzene rings is 12. The number of aromatic hydroxyl groups is 3. The van der Waals surface area contributed by atoms with Gasteiger partial charge in [0.15, 0.2) is 0 Å². The normalized spacial score (nSPS) is 28.4. The van der Waals surface area contributed by atoms with Crippen molar-refractivity contribution in [2.75, 3.05) is 14.2 Å². The van der Waals surface area contributed by atoms with Gasteiger partial charge < -0.3 is 24.8 Å². The molecule has 12 aromatic carbocycles. The van der Waals surface area contributed by atoms with Crippen LogP contribution in [0.5, 0.6) is 28.7 Å². The van der Waals surface area contributed by atoms with Gasteiger partial charge in [-0.2, -0.15) is 0 Å². The second kappa shape index (κ2) is 32.0. The summed E-state index contributed by atoms with van der Waals surface area (Å²) in [7, 11) is 3.42. The summed E-state index contributed by atoms with van der Waals surface area (Å²) in [6.45, 7) is 24.3. The van der Waals surface area contributed by atoms with E-state index in [1.54, 1.807) is 43.5 Å². The molecule has 5 fully saturated rings. The van der Waals surface area contributed by atoms with Gasteiger partial charge in [0.05, 0.1) is 14.2 Å². The summed E-state index contributed by atoms with van der Waals surface area (Å²) in [5.74, 6) is 23.6. The molecule has 10 aliphatic carbocycles. The van der Waals surface area contributed by atoms with Crippen molar-refractivity contribution in [3.63, 3.8) is 0 Å². The van der Waals surface area contributed by atoms with Gasteiger partial charge in [-0.25, -0.2) is 4.39 Å². The molecule has 0 bridgehead atoms. The van der Waals surface area contributed by atoms with E-state index in [0.29, 0.717) is 73.9 Å². The fourth-order valence-electron chi connectivity index (χ4n) is 26.5. The summed E-state index contributed by atoms with van der Waals surface area (Å²) < 4.78 is 26.7. The number of phenolic OH excluding ortho intramolecular Hbond substituents is 3. The summed E-state index contributed by atoms with van der Waals surface area (Å²) in [6.07, 6.45) is 25.0. The van der Waals surface area contributed by atoms with Crippen LogP contribution in [-0.4, -0.2) is 29.5 Å². The molecular formula is C113H120BrFO5. The molecule has 12 aromatic rings. The van der Waals surface area contributed by atoms with Crippen molar-refractivity contribution in [1.82, 2.24) is 0 Å². The van der Waals surface area contributed by atoms with E-state index < -0.39 is 0 Å². The van der Waals surface area contributed by atoms with Crippen LogP contribution in [0.15, 0.2) is 193 Å². The van der Waals surface area contributed by atoms with Gasteiger partial charge in [0.1, 0.15) is 34.6 Å². The van der Waals surface area contributed by atoms with Gasteiger partial charge in [-0.3, -0.25) is 0 Å². The maximum atomic E-state index is 14.6. The summed E-state index contributed by atoms with van der Waals surface area (Å²) in [5, 5.41) is 41.6. The first-order valence-electron chi connectivity index (χ1n) is 45.2. The highest BCUT2D eigenvalue weighted by Crippen LogP contribution is 2.64. The zero-order valence-corrected chi connectivity index (χ0v) is 74.3. The lowest BCUT2D eigenvalue weighted by molar-refractivity contribution is 0.248. The second-order valence-electron chi connectivity index (χ2n) is 40.6. The van der Waals surface area contributed by atoms with E-state index in [1.807, 2.05) is 97.1 Å². The highest BCUT2D eigenvalue weighted by atomic mass is 79.9. The van der Waals surface area contributed by atoms with E-state index in [4.69, 9.17) is 9.47 Å². The van der Waals surface area contributed by atoms with E-state index in [1.165, 1.54) is 183 Å². The van der Waals surface area contributed by atoms with Gasteiger partial charge in [0.2, 0.25) is 0 Å². The molecule has 15 atom stereocenters. The first kappa shape index (κ1) is 81.5. The van der Waals surface area contributed by atoms with Crippen LogP contribution in [0.3, 0.4) is 0 Å². The highest BCUT2D eigenvalue weighted by molar-refractivity contribution is 9.10. The Morgan fingerprint density at radius 2 is 0.642 bits per heavy atom. The smallest absolute Gasteiger partial charge is 0.131 e. The molecule has 0 saturated heterocycles. The molecule has 120 heavy (non-hydrogen) atoms. The van der Waals surface area contributed by atoms with Crippen LogP contribution in [0.2, 0.25) is 0 Å². The molecule has 0 aromatic heterocycles. The predicted octanol–water partition coefficient (Wildman–Crippen LogP) is 29.4. The number of fused-ring (bicyclic) bond motifs is 25. The number of hydrogen-bond donors (Lipinski definition) is 3. The number of hydrogen-bond acceptors (Lipinski definition) is 5. The fraction of sp³-hybridized carbons (Fsp3) is 0.416. The highest BCUT2D eigenvalue weighted by Gasteiger charge is 2.51. The Morgan fingerprint density at radius 3 is 1.06 bits per heavy atom. The van der Waals surface area contributed by atoms with Crippen molar-refractivity contribution < 1.29 is 29.2 Å². The SMILES string of the molecule is COc1ccc2c(C#Cc3ccccc3)cc3c(c2c1)CC[C@]1(C)C[C@H](C)C[C@@H]31.COc1ccc2c(F)cc3c(c2c1)CC[C@]1(C)C[C@@H](C)C[C@@H]31.C[C@@H]1C[C@H]2c3cc(Br)c4ccc(O)cc4c3CC[C@]2(C)C1.C[C@@H]1C[C@H]2c3cc(C#Cc4ccccc4)c4ccc(O)cc4c3CC[C@]2(C)C1.C[C@H]1C[C@H]2c3ccc4ccc(O)cc4c3CC[C@]2(C)C1. The van der Waals surface area contributed by atoms with Crippen molar-refractivity contribution in [3.05, 3.63) is 276 Å². The van der Waals surface area contributed by atoms with E-state index in [9.17, 15) is 19.7 Å². The van der Waals surface area contributed by atoms with Crippen LogP contribution in [-0.2, 0) is 32.1 Å². The summed E-state index contributed by atoms with van der Waals surface area (Å²) in [4.78, 5) is 0. The average Bonchev–Trinajstić information content (AvgIpc) is 1.33. The summed E-state index contributed by atoms with van der Waals surface area (Å²) in [5.41, 5.74) is 21.1. The van der Waals surface area contributed by atoms with Crippen LogP contribution in [0, 0.1) is 86.2 Å². The molecule has 0 spiro atoms. The molecule has 0 amide bonds. The molecule has 7 heteroatoms. The zero-order chi connectivity index (χ0) is 83.5. The molecule has 0 unspecified atom stereocenters. The van der Waals surface area contributed by atoms with Crippen LogP contribution in [0.1, 0.15) is 273 Å². The lowest BCUT2D eigenvalue weighted by Crippen LogP contribution is -2.27. The lowest BCUT2D eigenvalue weighted by atomic mass is 9.66. The Balaban J connectivity index is 0.000000104. The Hall–Kier alpha value is -9.53. The van der Waals surface area contributed by atoms with Gasteiger partial charge in [-0.1, -0.05) is 163 Å². The van der Waals surface area contributed by atoms with Crippen molar-refractivity contribution in [3.8, 4) is 52.4 Å². The third-order valence-corrected chi connectivity index (χ3v) is 32.5. The number of aryl methyl sites for hydroxylation is 5. The molecular weight excluding hydrogens is 1540 g/mol. The van der Waals surface area contributed by atoms with Crippen LogP contribution in [0.25, 0.3) is 53.9 Å². The quantitative estimate of drug-likeness (QED) is 0.150. The largest absolute Gasteiger partial charge is 0.508 e. The lowest BCUT2D eigenvalue weighted by Gasteiger charge is -2.38. The summed E-state index contributed by atoms with van der Waals surface area (Å²) >= 11 is 3.75. The van der Waals surface area contributed by atoms with Gasteiger partial charge >= 0.3 is 0 Å².